The van der Waals surface area contributed by atoms with E-state index < -0.39 is 11.9 Å². The van der Waals surface area contributed by atoms with E-state index in [9.17, 15) is 9.18 Å². The van der Waals surface area contributed by atoms with Crippen LogP contribution in [0.2, 0.25) is 0 Å². The maximum absolute atomic E-state index is 13.5. The quantitative estimate of drug-likeness (QED) is 0.830. The summed E-state index contributed by atoms with van der Waals surface area (Å²) in [6.07, 6.45) is 0.526. The molecule has 1 aromatic rings. The predicted molar refractivity (Wildman–Crippen MR) is 51.4 cm³/mol. The molecule has 2 rings (SSSR count). The number of halogens is 1. The summed E-state index contributed by atoms with van der Waals surface area (Å²) >= 11 is 0. The van der Waals surface area contributed by atoms with E-state index >= 15 is 0 Å². The fourth-order valence-electron chi connectivity index (χ4n) is 1.75. The molecule has 0 aromatic heterocycles. The number of carboxylic acids is 1. The first-order valence-corrected chi connectivity index (χ1v) is 4.69. The summed E-state index contributed by atoms with van der Waals surface area (Å²) in [6.45, 7) is 0. The maximum atomic E-state index is 13.5. The van der Waals surface area contributed by atoms with Crippen molar-refractivity contribution in [1.82, 2.24) is 0 Å². The molecule has 0 unspecified atom stereocenters. The molecule has 1 N–H and O–H groups in total. The van der Waals surface area contributed by atoms with Gasteiger partial charge in [-0.15, -0.1) is 0 Å². The van der Waals surface area contributed by atoms with Gasteiger partial charge in [-0.2, -0.15) is 0 Å². The Kier molecular flexibility index (Phi) is 2.34. The molecule has 0 radical (unpaired) electrons. The summed E-state index contributed by atoms with van der Waals surface area (Å²) in [6, 6.07) is 4.53. The van der Waals surface area contributed by atoms with Gasteiger partial charge in [-0.25, -0.2) is 4.39 Å². The normalized spacial score (nSPS) is 23.6. The minimum atomic E-state index is -0.852. The van der Waals surface area contributed by atoms with Crippen LogP contribution in [-0.4, -0.2) is 18.2 Å². The first-order chi connectivity index (χ1) is 7.13. The zero-order chi connectivity index (χ0) is 11.0. The van der Waals surface area contributed by atoms with E-state index in [1.54, 1.807) is 12.1 Å². The second kappa shape index (κ2) is 3.53. The number of methoxy groups -OCH3 is 1. The zero-order valence-electron chi connectivity index (χ0n) is 8.24. The summed E-state index contributed by atoms with van der Waals surface area (Å²) in [7, 11) is 1.46. The Morgan fingerprint density at radius 1 is 1.60 bits per heavy atom. The molecule has 0 aliphatic heterocycles. The molecule has 2 atom stereocenters. The van der Waals surface area contributed by atoms with Gasteiger partial charge in [0.05, 0.1) is 13.0 Å². The number of carboxylic acid groups (broad SMARTS) is 1. The molecule has 1 aliphatic carbocycles. The predicted octanol–water partition coefficient (Wildman–Crippen LogP) is 2.02. The molecule has 3 nitrogen and oxygen atoms in total. The lowest BCUT2D eigenvalue weighted by Gasteiger charge is -2.04. The van der Waals surface area contributed by atoms with Gasteiger partial charge in [-0.05, 0) is 18.1 Å². The Hall–Kier alpha value is -1.58. The monoisotopic (exact) mass is 210 g/mol. The summed E-state index contributed by atoms with van der Waals surface area (Å²) in [5.41, 5.74) is 0.475. The van der Waals surface area contributed by atoms with E-state index in [2.05, 4.69) is 0 Å². The molecular formula is C11H11FO3. The lowest BCUT2D eigenvalue weighted by Crippen LogP contribution is -2.00. The van der Waals surface area contributed by atoms with E-state index in [1.165, 1.54) is 13.2 Å². The van der Waals surface area contributed by atoms with Crippen LogP contribution in [0, 0.1) is 11.7 Å². The third-order valence-electron chi connectivity index (χ3n) is 2.71. The number of aliphatic carboxylic acids is 1. The van der Waals surface area contributed by atoms with Crippen LogP contribution in [0.4, 0.5) is 4.39 Å². The van der Waals surface area contributed by atoms with E-state index in [0.29, 0.717) is 17.7 Å². The molecule has 0 heterocycles. The highest BCUT2D eigenvalue weighted by Gasteiger charge is 2.45. The van der Waals surface area contributed by atoms with Crippen molar-refractivity contribution in [3.05, 3.63) is 29.6 Å². The molecule has 1 aromatic carbocycles. The Labute approximate surface area is 86.5 Å². The largest absolute Gasteiger partial charge is 0.497 e. The highest BCUT2D eigenvalue weighted by Crippen LogP contribution is 2.48. The highest BCUT2D eigenvalue weighted by molar-refractivity contribution is 5.75. The Morgan fingerprint density at radius 3 is 2.80 bits per heavy atom. The first kappa shape index (κ1) is 9.96. The van der Waals surface area contributed by atoms with Gasteiger partial charge in [-0.1, -0.05) is 6.07 Å². The standard InChI is InChI=1S/C11H11FO3/c1-15-6-2-3-7(10(12)4-6)8-5-9(8)11(13)14/h2-4,8-9H,5H2,1H3,(H,13,14)/t8-,9+/m1/s1. The Balaban J connectivity index is 2.21. The maximum Gasteiger partial charge on any atom is 0.307 e. The second-order valence-corrected chi connectivity index (χ2v) is 3.67. The molecule has 15 heavy (non-hydrogen) atoms. The smallest absolute Gasteiger partial charge is 0.307 e. The van der Waals surface area contributed by atoms with Crippen LogP contribution in [0.5, 0.6) is 5.75 Å². The fraction of sp³-hybridized carbons (Fsp3) is 0.364. The zero-order valence-corrected chi connectivity index (χ0v) is 8.24. The molecule has 80 valence electrons. The molecule has 4 heteroatoms. The first-order valence-electron chi connectivity index (χ1n) is 4.69. The van der Waals surface area contributed by atoms with Crippen LogP contribution < -0.4 is 4.74 Å². The van der Waals surface area contributed by atoms with Crippen molar-refractivity contribution in [3.8, 4) is 5.75 Å². The second-order valence-electron chi connectivity index (χ2n) is 3.67. The molecule has 0 bridgehead atoms. The number of hydrogen-bond acceptors (Lipinski definition) is 2. The van der Waals surface area contributed by atoms with E-state index in [1.807, 2.05) is 0 Å². The van der Waals surface area contributed by atoms with Crippen molar-refractivity contribution in [2.75, 3.05) is 7.11 Å². The van der Waals surface area contributed by atoms with Crippen molar-refractivity contribution in [3.63, 3.8) is 0 Å². The molecule has 0 spiro atoms. The van der Waals surface area contributed by atoms with Gasteiger partial charge < -0.3 is 9.84 Å². The highest BCUT2D eigenvalue weighted by atomic mass is 19.1. The molecule has 1 fully saturated rings. The SMILES string of the molecule is COc1ccc([C@H]2C[C@@H]2C(=O)O)c(F)c1. The van der Waals surface area contributed by atoms with E-state index in [0.717, 1.165) is 0 Å². The average molecular weight is 210 g/mol. The van der Waals surface area contributed by atoms with Gasteiger partial charge in [0.15, 0.2) is 0 Å². The summed E-state index contributed by atoms with van der Waals surface area (Å²) in [4.78, 5) is 10.6. The van der Waals surface area contributed by atoms with E-state index in [4.69, 9.17) is 9.84 Å². The third-order valence-corrected chi connectivity index (χ3v) is 2.71. The Morgan fingerprint density at radius 2 is 2.33 bits per heavy atom. The average Bonchev–Trinajstić information content (AvgIpc) is 2.97. The lowest BCUT2D eigenvalue weighted by atomic mass is 10.1. The number of ether oxygens (including phenoxy) is 1. The van der Waals surface area contributed by atoms with Crippen molar-refractivity contribution in [2.45, 2.75) is 12.3 Å². The molecule has 1 aliphatic rings. The van der Waals surface area contributed by atoms with Crippen molar-refractivity contribution >= 4 is 5.97 Å². The minimum Gasteiger partial charge on any atom is -0.497 e. The van der Waals surface area contributed by atoms with Gasteiger partial charge in [0, 0.05) is 12.0 Å². The van der Waals surface area contributed by atoms with Crippen molar-refractivity contribution in [1.29, 1.82) is 0 Å². The van der Waals surface area contributed by atoms with Gasteiger partial charge in [0.2, 0.25) is 0 Å². The van der Waals surface area contributed by atoms with Crippen LogP contribution in [0.3, 0.4) is 0 Å². The molecule has 0 saturated heterocycles. The van der Waals surface area contributed by atoms with E-state index in [-0.39, 0.29) is 11.7 Å². The number of carbonyl (C=O) groups is 1. The van der Waals surface area contributed by atoms with Crippen LogP contribution in [0.15, 0.2) is 18.2 Å². The number of benzene rings is 1. The lowest BCUT2D eigenvalue weighted by molar-refractivity contribution is -0.138. The molecule has 1 saturated carbocycles. The molecular weight excluding hydrogens is 199 g/mol. The number of rotatable bonds is 3. The van der Waals surface area contributed by atoms with Gasteiger partial charge >= 0.3 is 5.97 Å². The third kappa shape index (κ3) is 1.79. The van der Waals surface area contributed by atoms with Gasteiger partial charge in [0.25, 0.3) is 0 Å². The van der Waals surface area contributed by atoms with Crippen LogP contribution in [-0.2, 0) is 4.79 Å². The summed E-state index contributed by atoms with van der Waals surface area (Å²) in [5.74, 6) is -1.39. The van der Waals surface area contributed by atoms with Crippen molar-refractivity contribution in [2.24, 2.45) is 5.92 Å². The fourth-order valence-corrected chi connectivity index (χ4v) is 1.75. The van der Waals surface area contributed by atoms with Gasteiger partial charge in [-0.3, -0.25) is 4.79 Å². The summed E-state index contributed by atoms with van der Waals surface area (Å²) < 4.78 is 18.4. The minimum absolute atomic E-state index is 0.173. The van der Waals surface area contributed by atoms with Crippen LogP contribution in [0.1, 0.15) is 17.9 Å². The van der Waals surface area contributed by atoms with Crippen LogP contribution in [0.25, 0.3) is 0 Å². The number of hydrogen-bond donors (Lipinski definition) is 1. The molecule has 0 amide bonds. The Bertz CT molecular complexity index is 403. The van der Waals surface area contributed by atoms with Crippen molar-refractivity contribution < 1.29 is 19.0 Å². The summed E-state index contributed by atoms with van der Waals surface area (Å²) in [5, 5.41) is 8.73. The topological polar surface area (TPSA) is 46.5 Å². The van der Waals surface area contributed by atoms with Crippen LogP contribution >= 0.6 is 0 Å². The van der Waals surface area contributed by atoms with Gasteiger partial charge in [0.1, 0.15) is 11.6 Å².